The number of nitrogen functional groups attached to an aromatic ring is 1. The van der Waals surface area contributed by atoms with E-state index in [9.17, 15) is 34.8 Å². The molecule has 0 aliphatic rings. The molecule has 3 aromatic carbocycles. The molecule has 0 aliphatic carbocycles. The molecule has 0 saturated heterocycles. The second kappa shape index (κ2) is 23.8. The van der Waals surface area contributed by atoms with Gasteiger partial charge in [-0.25, -0.2) is 44.2 Å². The van der Waals surface area contributed by atoms with E-state index in [2.05, 4.69) is 43.1 Å². The Balaban J connectivity index is -0.000000287. The van der Waals surface area contributed by atoms with Gasteiger partial charge in [-0.15, -0.1) is 0 Å². The van der Waals surface area contributed by atoms with E-state index in [0.29, 0.717) is 23.5 Å². The Kier molecular flexibility index (Phi) is 22.5. The van der Waals surface area contributed by atoms with E-state index in [-0.39, 0.29) is 41.9 Å². The zero-order valence-electron chi connectivity index (χ0n) is 26.9. The summed E-state index contributed by atoms with van der Waals surface area (Å²) in [6.07, 6.45) is 1.75. The fourth-order valence-electron chi connectivity index (χ4n) is 2.72. The Hall–Kier alpha value is -2.50. The molecule has 0 spiro atoms. The maximum Gasteiger partial charge on any atom is 0 e. The van der Waals surface area contributed by atoms with Crippen molar-refractivity contribution in [2.45, 2.75) is 41.9 Å². The number of anilines is 2. The summed E-state index contributed by atoms with van der Waals surface area (Å²) in [7, 11) is -6.11. The van der Waals surface area contributed by atoms with Crippen molar-refractivity contribution in [3.05, 3.63) is 72.8 Å². The van der Waals surface area contributed by atoms with E-state index in [1.54, 1.807) is 31.2 Å². The topological polar surface area (TPSA) is 223 Å². The minimum atomic E-state index is -3.42. The van der Waals surface area contributed by atoms with Crippen molar-refractivity contribution in [2.75, 3.05) is 32.2 Å². The van der Waals surface area contributed by atoms with Crippen molar-refractivity contribution >= 4 is 77.7 Å². The summed E-state index contributed by atoms with van der Waals surface area (Å²) < 4.78 is 80.5. The number of hydrogen-bond donors (Lipinski definition) is 5. The second-order valence-electron chi connectivity index (χ2n) is 7.81. The smallest absolute Gasteiger partial charge is 0 e. The Morgan fingerprint density at radius 1 is 0.804 bits per heavy atom. The van der Waals surface area contributed by atoms with Crippen LogP contribution in [0.2, 0.25) is 0 Å². The van der Waals surface area contributed by atoms with Crippen LogP contribution in [0.25, 0.3) is 0 Å². The van der Waals surface area contributed by atoms with Crippen LogP contribution in [0.1, 0.15) is 30.0 Å². The summed E-state index contributed by atoms with van der Waals surface area (Å²) in [6, 6.07) is 17.6. The van der Waals surface area contributed by atoms with Gasteiger partial charge in [0.15, 0.2) is 0 Å². The van der Waals surface area contributed by atoms with E-state index < -0.39 is 30.1 Å². The van der Waals surface area contributed by atoms with E-state index in [1.165, 1.54) is 75.8 Å². The third-order valence-corrected chi connectivity index (χ3v) is 9.38. The third-order valence-electron chi connectivity index (χ3n) is 5.09. The van der Waals surface area contributed by atoms with Gasteiger partial charge in [-0.3, -0.25) is 4.79 Å². The largest absolute Gasteiger partial charge is 0 e. The molecule has 46 heavy (non-hydrogen) atoms. The molecule has 1 amide bonds. The molecule has 0 saturated carbocycles. The van der Waals surface area contributed by atoms with Gasteiger partial charge in [0.05, 0.1) is 20.4 Å². The number of amides is 1. The normalized spacial score (nSPS) is 10.7. The Labute approximate surface area is 298 Å². The molecule has 0 aromatic heterocycles. The molecule has 0 aliphatic heterocycles. The molecule has 6 N–H and O–H groups in total. The van der Waals surface area contributed by atoms with Crippen LogP contribution >= 0.6 is 18.6 Å². The van der Waals surface area contributed by atoms with E-state index in [1.807, 2.05) is 13.8 Å². The molecular formula is C27H43I2N6O8S3-. The predicted molar refractivity (Wildman–Crippen MR) is 190 cm³/mol. The molecule has 19 heteroatoms. The number of hydrogen-bond acceptors (Lipinski definition) is 10. The first-order valence-corrected chi connectivity index (χ1v) is 23.8. The molecule has 3 rings (SSSR count). The number of nitrogens with two attached hydrogens (primary N) is 1. The number of rotatable bonds is 9. The number of nitrogens with one attached hydrogen (secondary N) is 4. The predicted octanol–water partition coefficient (Wildman–Crippen LogP) is 0.822. The molecule has 0 heterocycles. The van der Waals surface area contributed by atoms with Gasteiger partial charge in [-0.1, -0.05) is 20.8 Å². The minimum absolute atomic E-state index is 0. The summed E-state index contributed by atoms with van der Waals surface area (Å²) in [4.78, 5) is 24.8. The first-order chi connectivity index (χ1) is 22.1. The summed E-state index contributed by atoms with van der Waals surface area (Å²) in [5, 5.41) is 2.63. The quantitative estimate of drug-likeness (QED) is 0.0886. The van der Waals surface area contributed by atoms with Gasteiger partial charge < -0.3 is 11.1 Å². The van der Waals surface area contributed by atoms with Gasteiger partial charge in [-0.05, 0) is 93.9 Å². The SMILES string of the molecule is CC.CCC(=O)Nc1ccc(S(=O)(=O)NC)cc1.CNS(=O)(=O)c1ccc(N)cc1.CNS(=O)(=O)c1ccc(N=C=O)cc1.[2H][I-]I.[3HH].[3HH]. The Morgan fingerprint density at radius 2 is 1.13 bits per heavy atom. The summed E-state index contributed by atoms with van der Waals surface area (Å²) in [5.74, 6) is -0.107. The summed E-state index contributed by atoms with van der Waals surface area (Å²) in [6.45, 7) is 5.75. The fraction of sp³-hybridized carbons (Fsp3) is 0.259. The van der Waals surface area contributed by atoms with Crippen molar-refractivity contribution in [1.82, 2.24) is 14.2 Å². The average Bonchev–Trinajstić information content (AvgIpc) is 3.07. The van der Waals surface area contributed by atoms with Crippen LogP contribution in [0.3, 0.4) is 0 Å². The van der Waals surface area contributed by atoms with Crippen LogP contribution in [-0.2, 0) is 39.7 Å². The number of carbonyl (C=O) groups excluding carboxylic acids is 2. The van der Waals surface area contributed by atoms with Gasteiger partial charge in [-0.2, -0.15) is 4.99 Å². The van der Waals surface area contributed by atoms with Crippen molar-refractivity contribution in [1.29, 1.82) is 0.594 Å². The summed E-state index contributed by atoms with van der Waals surface area (Å²) in [5.41, 5.74) is 6.90. The van der Waals surface area contributed by atoms with Gasteiger partial charge in [0.1, 0.15) is 0 Å². The van der Waals surface area contributed by atoms with Gasteiger partial charge >= 0.3 is 37.6 Å². The zero-order valence-corrected chi connectivity index (χ0v) is 32.7. The van der Waals surface area contributed by atoms with Crippen LogP contribution in [0.4, 0.5) is 17.1 Å². The van der Waals surface area contributed by atoms with Crippen LogP contribution in [-0.4, -0.2) is 59.0 Å². The maximum atomic E-state index is 11.4. The number of sulfonamides is 3. The number of aliphatic imine (C=N–C) groups is 1. The van der Waals surface area contributed by atoms with Gasteiger partial charge in [0.25, 0.3) is 0 Å². The standard InChI is InChI=1S/C10H14N2O3S.C8H8N2O3S.C7H10N2O2S.C2H6.HI2.2H2/c1-3-10(13)12-8-4-6-9(7-5-8)16(14,15)11-2;1-9-14(12,13)8-4-2-7(3-5-8)10-6-11;1-9-12(10,11)7-4-2-6(8)3-5-7;2*1-2;;/h4-7,11H,3H2,1-2H3,(H,12,13);2-5,9H,1H3;2-5,9H,8H2,1H3;1-2H3;1H;2*1H/q;;;;-1;;/i;;;;1D;2*1+2. The van der Waals surface area contributed by atoms with Crippen molar-refractivity contribution < 1.29 is 56.1 Å². The monoisotopic (exact) mass is 934 g/mol. The molecule has 262 valence electrons. The Morgan fingerprint density at radius 3 is 1.43 bits per heavy atom. The Bertz CT molecular complexity index is 1730. The third kappa shape index (κ3) is 16.9. The fourth-order valence-corrected chi connectivity index (χ4v) is 4.91. The number of nitrogens with zero attached hydrogens (tertiary/aromatic N) is 1. The number of isocyanates is 1. The van der Waals surface area contributed by atoms with E-state index in [0.717, 1.165) is 0 Å². The summed E-state index contributed by atoms with van der Waals surface area (Å²) >= 11 is 1.88. The van der Waals surface area contributed by atoms with Crippen LogP contribution in [0, 0.1) is 0 Å². The van der Waals surface area contributed by atoms with E-state index >= 15 is 0 Å². The molecule has 0 atom stereocenters. The molecule has 0 fully saturated rings. The zero-order chi connectivity index (χ0) is 36.7. The molecule has 0 radical (unpaired) electrons. The number of carbonyl (C=O) groups is 1. The first-order valence-electron chi connectivity index (χ1n) is 13.4. The molecule has 0 unspecified atom stereocenters. The first kappa shape index (κ1) is 43.5. The molecular weight excluding hydrogens is 886 g/mol. The van der Waals surface area contributed by atoms with Crippen LogP contribution in [0.5, 0.6) is 0 Å². The number of halogens is 2. The van der Waals surface area contributed by atoms with Crippen molar-refractivity contribution in [2.24, 2.45) is 4.99 Å². The van der Waals surface area contributed by atoms with Crippen LogP contribution < -0.4 is 43.6 Å². The molecule has 3 aromatic rings. The molecule has 14 nitrogen and oxygen atoms in total. The average molecular weight is 935 g/mol. The van der Waals surface area contributed by atoms with Crippen molar-refractivity contribution in [3.63, 3.8) is 0 Å². The van der Waals surface area contributed by atoms with Gasteiger partial charge in [0.2, 0.25) is 42.1 Å². The molecule has 0 bridgehead atoms. The van der Waals surface area contributed by atoms with Crippen LogP contribution in [0.15, 0.2) is 92.5 Å². The second-order valence-corrected chi connectivity index (χ2v) is 13.5. The van der Waals surface area contributed by atoms with E-state index in [4.69, 9.17) is 6.33 Å². The number of benzene rings is 3. The maximum absolute atomic E-state index is 11.4. The van der Waals surface area contributed by atoms with Gasteiger partial charge in [0, 0.05) is 20.6 Å². The minimum Gasteiger partial charge on any atom is 0 e. The van der Waals surface area contributed by atoms with Crippen molar-refractivity contribution in [3.8, 4) is 0 Å².